The van der Waals surface area contributed by atoms with Gasteiger partial charge in [-0.25, -0.2) is 0 Å². The number of alkyl halides is 3. The van der Waals surface area contributed by atoms with Crippen LogP contribution < -0.4 is 4.90 Å². The molecule has 1 heterocycles. The second kappa shape index (κ2) is 4.80. The summed E-state index contributed by atoms with van der Waals surface area (Å²) in [6, 6.07) is 3.78. The van der Waals surface area contributed by atoms with E-state index in [1.165, 1.54) is 12.1 Å². The number of halogens is 4. The van der Waals surface area contributed by atoms with Gasteiger partial charge < -0.3 is 4.90 Å². The number of benzene rings is 1. The van der Waals surface area contributed by atoms with Crippen molar-refractivity contribution in [2.24, 2.45) is 0 Å². The van der Waals surface area contributed by atoms with E-state index in [-0.39, 0.29) is 5.02 Å². The van der Waals surface area contributed by atoms with E-state index in [1.54, 1.807) is 4.90 Å². The number of amidine groups is 1. The van der Waals surface area contributed by atoms with Crippen LogP contribution in [0.15, 0.2) is 18.2 Å². The fourth-order valence-electron chi connectivity index (χ4n) is 2.02. The second-order valence-corrected chi connectivity index (χ2v) is 4.62. The van der Waals surface area contributed by atoms with Crippen LogP contribution >= 0.6 is 11.6 Å². The number of nitrogens with one attached hydrogen (secondary N) is 1. The molecular formula is C12H12ClF3N2. The van der Waals surface area contributed by atoms with E-state index >= 15 is 0 Å². The molecule has 0 bridgehead atoms. The normalized spacial score (nSPS) is 17.1. The third-order valence-corrected chi connectivity index (χ3v) is 3.27. The molecule has 0 spiro atoms. The first-order valence-corrected chi connectivity index (χ1v) is 5.99. The minimum atomic E-state index is -4.47. The zero-order valence-electron chi connectivity index (χ0n) is 9.52. The number of anilines is 1. The maximum absolute atomic E-state index is 12.7. The average molecular weight is 277 g/mol. The molecule has 6 heteroatoms. The number of rotatable bonds is 1. The maximum atomic E-state index is 12.7. The van der Waals surface area contributed by atoms with Crippen molar-refractivity contribution in [3.63, 3.8) is 0 Å². The highest BCUT2D eigenvalue weighted by Crippen LogP contribution is 2.37. The number of hydrogen-bond donors (Lipinski definition) is 1. The zero-order chi connectivity index (χ0) is 13.3. The minimum absolute atomic E-state index is 0.310. The van der Waals surface area contributed by atoms with Gasteiger partial charge in [-0.15, -0.1) is 0 Å². The predicted octanol–water partition coefficient (Wildman–Crippen LogP) is 4.33. The topological polar surface area (TPSA) is 27.1 Å². The summed E-state index contributed by atoms with van der Waals surface area (Å²) in [4.78, 5) is 1.61. The Balaban J connectivity index is 2.37. The largest absolute Gasteiger partial charge is 0.417 e. The van der Waals surface area contributed by atoms with Crippen LogP contribution in [-0.2, 0) is 6.18 Å². The van der Waals surface area contributed by atoms with Gasteiger partial charge >= 0.3 is 6.18 Å². The molecule has 1 N–H and O–H groups in total. The fraction of sp³-hybridized carbons (Fsp3) is 0.417. The first-order chi connectivity index (χ1) is 8.39. The summed E-state index contributed by atoms with van der Waals surface area (Å²) in [7, 11) is 0. The molecule has 1 fully saturated rings. The van der Waals surface area contributed by atoms with Gasteiger partial charge in [0.1, 0.15) is 5.84 Å². The average Bonchev–Trinajstić information content (AvgIpc) is 2.29. The summed E-state index contributed by atoms with van der Waals surface area (Å²) < 4.78 is 38.2. The van der Waals surface area contributed by atoms with Crippen molar-refractivity contribution in [1.29, 1.82) is 5.41 Å². The van der Waals surface area contributed by atoms with Crippen molar-refractivity contribution < 1.29 is 13.2 Å². The number of hydrogen-bond acceptors (Lipinski definition) is 1. The van der Waals surface area contributed by atoms with Crippen LogP contribution in [0.1, 0.15) is 24.8 Å². The van der Waals surface area contributed by atoms with Gasteiger partial charge in [0.05, 0.1) is 10.6 Å². The number of nitrogens with zero attached hydrogens (tertiary/aromatic N) is 1. The monoisotopic (exact) mass is 276 g/mol. The summed E-state index contributed by atoms with van der Waals surface area (Å²) in [5.41, 5.74) is -0.462. The van der Waals surface area contributed by atoms with E-state index in [1.807, 2.05) is 0 Å². The summed E-state index contributed by atoms with van der Waals surface area (Å²) >= 11 is 5.56. The van der Waals surface area contributed by atoms with Gasteiger partial charge in [0, 0.05) is 18.7 Å². The highest BCUT2D eigenvalue weighted by molar-refractivity contribution is 6.31. The van der Waals surface area contributed by atoms with Gasteiger partial charge in [0.25, 0.3) is 0 Å². The predicted molar refractivity (Wildman–Crippen MR) is 65.4 cm³/mol. The molecule has 18 heavy (non-hydrogen) atoms. The van der Waals surface area contributed by atoms with Crippen molar-refractivity contribution in [3.05, 3.63) is 28.8 Å². The molecule has 1 aromatic carbocycles. The molecule has 0 atom stereocenters. The van der Waals surface area contributed by atoms with Gasteiger partial charge in [0.15, 0.2) is 0 Å². The zero-order valence-corrected chi connectivity index (χ0v) is 10.3. The van der Waals surface area contributed by atoms with Gasteiger partial charge in [-0.05, 0) is 31.0 Å². The molecule has 2 rings (SSSR count). The third-order valence-electron chi connectivity index (χ3n) is 2.94. The highest BCUT2D eigenvalue weighted by Gasteiger charge is 2.34. The van der Waals surface area contributed by atoms with Crippen molar-refractivity contribution in [3.8, 4) is 0 Å². The van der Waals surface area contributed by atoms with Crippen molar-refractivity contribution in [2.75, 3.05) is 11.4 Å². The Kier molecular flexibility index (Phi) is 3.52. The molecule has 1 aromatic rings. The second-order valence-electron chi connectivity index (χ2n) is 4.22. The smallest absolute Gasteiger partial charge is 0.330 e. The number of piperidine rings is 1. The molecule has 98 valence electrons. The highest BCUT2D eigenvalue weighted by atomic mass is 35.5. The van der Waals surface area contributed by atoms with Gasteiger partial charge in [0.2, 0.25) is 0 Å². The Morgan fingerprint density at radius 2 is 1.94 bits per heavy atom. The van der Waals surface area contributed by atoms with E-state index in [9.17, 15) is 13.2 Å². The lowest BCUT2D eigenvalue weighted by Gasteiger charge is -2.30. The summed E-state index contributed by atoms with van der Waals surface area (Å²) in [6.07, 6.45) is -2.07. The molecule has 0 radical (unpaired) electrons. The molecule has 2 nitrogen and oxygen atoms in total. The molecule has 0 unspecified atom stereocenters. The van der Waals surface area contributed by atoms with Crippen molar-refractivity contribution >= 4 is 23.1 Å². The Morgan fingerprint density at radius 1 is 1.22 bits per heavy atom. The molecule has 0 saturated carbocycles. The van der Waals surface area contributed by atoms with Crippen molar-refractivity contribution in [2.45, 2.75) is 25.4 Å². The van der Waals surface area contributed by atoms with Crippen molar-refractivity contribution in [1.82, 2.24) is 0 Å². The van der Waals surface area contributed by atoms with Crippen LogP contribution in [-0.4, -0.2) is 12.4 Å². The van der Waals surface area contributed by atoms with Crippen LogP contribution in [0, 0.1) is 5.41 Å². The van der Waals surface area contributed by atoms with E-state index < -0.39 is 11.7 Å². The molecule has 0 amide bonds. The standard InChI is InChI=1S/C12H12ClF3N2/c13-10-5-4-8(7-9(10)12(14,15)16)18-6-2-1-3-11(18)17/h4-5,7,17H,1-3,6H2. The Bertz CT molecular complexity index is 471. The van der Waals surface area contributed by atoms with Gasteiger partial charge in [-0.3, -0.25) is 5.41 Å². The van der Waals surface area contributed by atoms with E-state index in [0.29, 0.717) is 24.5 Å². The van der Waals surface area contributed by atoms with Gasteiger partial charge in [-0.2, -0.15) is 13.2 Å². The quantitative estimate of drug-likeness (QED) is 0.812. The van der Waals surface area contributed by atoms with E-state index in [0.717, 1.165) is 18.9 Å². The summed E-state index contributed by atoms with van der Waals surface area (Å²) in [5.74, 6) is 0.358. The van der Waals surface area contributed by atoms with Crippen LogP contribution in [0.5, 0.6) is 0 Å². The van der Waals surface area contributed by atoms with Crippen LogP contribution in [0.2, 0.25) is 5.02 Å². The lowest BCUT2D eigenvalue weighted by atomic mass is 10.1. The Labute approximate surface area is 108 Å². The minimum Gasteiger partial charge on any atom is -0.330 e. The van der Waals surface area contributed by atoms with Crippen LogP contribution in [0.4, 0.5) is 18.9 Å². The first-order valence-electron chi connectivity index (χ1n) is 5.61. The molecular weight excluding hydrogens is 265 g/mol. The third kappa shape index (κ3) is 2.61. The lowest BCUT2D eigenvalue weighted by Crippen LogP contribution is -2.34. The van der Waals surface area contributed by atoms with Gasteiger partial charge in [-0.1, -0.05) is 11.6 Å². The Morgan fingerprint density at radius 3 is 2.56 bits per heavy atom. The molecule has 1 aliphatic rings. The first kappa shape index (κ1) is 13.2. The molecule has 0 aromatic heterocycles. The fourth-order valence-corrected chi connectivity index (χ4v) is 2.24. The maximum Gasteiger partial charge on any atom is 0.417 e. The van der Waals surface area contributed by atoms with E-state index in [4.69, 9.17) is 17.0 Å². The molecule has 1 aliphatic heterocycles. The van der Waals surface area contributed by atoms with Crippen LogP contribution in [0.3, 0.4) is 0 Å². The van der Waals surface area contributed by atoms with Crippen LogP contribution in [0.25, 0.3) is 0 Å². The SMILES string of the molecule is N=C1CCCCN1c1ccc(Cl)c(C(F)(F)F)c1. The van der Waals surface area contributed by atoms with E-state index in [2.05, 4.69) is 0 Å². The molecule has 0 aliphatic carbocycles. The molecule has 1 saturated heterocycles. The Hall–Kier alpha value is -1.23. The summed E-state index contributed by atoms with van der Waals surface area (Å²) in [5, 5.41) is 7.46. The lowest BCUT2D eigenvalue weighted by molar-refractivity contribution is -0.137. The summed E-state index contributed by atoms with van der Waals surface area (Å²) in [6.45, 7) is 0.581.